The standard InChI is InChI=1S/C8H10F3NO3S/c9-8(10,11)5(13)12-7(6(14)15)1-3-16-4-2-7/h1-4H2,(H,12,13)(H,14,15). The molecule has 1 aliphatic heterocycles. The fourth-order valence-electron chi connectivity index (χ4n) is 1.40. The van der Waals surface area contributed by atoms with E-state index in [0.29, 0.717) is 11.5 Å². The Bertz CT molecular complexity index is 299. The number of nitrogens with one attached hydrogen (secondary N) is 1. The number of carboxylic acids is 1. The summed E-state index contributed by atoms with van der Waals surface area (Å²) in [5.74, 6) is -2.76. The van der Waals surface area contributed by atoms with Crippen molar-refractivity contribution in [1.29, 1.82) is 0 Å². The molecule has 0 saturated carbocycles. The van der Waals surface area contributed by atoms with Crippen LogP contribution >= 0.6 is 11.8 Å². The summed E-state index contributed by atoms with van der Waals surface area (Å²) in [5, 5.41) is 10.5. The minimum atomic E-state index is -5.05. The number of carbonyl (C=O) groups is 2. The molecule has 1 saturated heterocycles. The quantitative estimate of drug-likeness (QED) is 0.775. The van der Waals surface area contributed by atoms with E-state index in [4.69, 9.17) is 5.11 Å². The molecule has 1 heterocycles. The van der Waals surface area contributed by atoms with Gasteiger partial charge in [-0.3, -0.25) is 4.79 Å². The predicted octanol–water partition coefficient (Wildman–Crippen LogP) is 1.02. The Balaban J connectivity index is 2.79. The first-order valence-electron chi connectivity index (χ1n) is 4.48. The van der Waals surface area contributed by atoms with E-state index >= 15 is 0 Å². The lowest BCUT2D eigenvalue weighted by Crippen LogP contribution is -2.59. The van der Waals surface area contributed by atoms with Gasteiger partial charge in [-0.1, -0.05) is 0 Å². The molecule has 8 heteroatoms. The highest BCUT2D eigenvalue weighted by Crippen LogP contribution is 2.28. The third-order valence-electron chi connectivity index (χ3n) is 2.37. The number of rotatable bonds is 2. The highest BCUT2D eigenvalue weighted by Gasteiger charge is 2.48. The van der Waals surface area contributed by atoms with Crippen LogP contribution in [0, 0.1) is 0 Å². The zero-order valence-electron chi connectivity index (χ0n) is 8.13. The van der Waals surface area contributed by atoms with Gasteiger partial charge in [-0.15, -0.1) is 0 Å². The van der Waals surface area contributed by atoms with Gasteiger partial charge in [0.2, 0.25) is 0 Å². The summed E-state index contributed by atoms with van der Waals surface area (Å²) in [4.78, 5) is 21.7. The average molecular weight is 257 g/mol. The Morgan fingerprint density at radius 3 is 2.12 bits per heavy atom. The van der Waals surface area contributed by atoms with E-state index in [1.165, 1.54) is 11.8 Å². The summed E-state index contributed by atoms with van der Waals surface area (Å²) in [7, 11) is 0. The lowest BCUT2D eigenvalue weighted by molar-refractivity contribution is -0.178. The van der Waals surface area contributed by atoms with Crippen molar-refractivity contribution in [2.24, 2.45) is 0 Å². The van der Waals surface area contributed by atoms with E-state index in [-0.39, 0.29) is 12.8 Å². The molecule has 0 atom stereocenters. The Labute approximate surface area is 93.6 Å². The number of carboxylic acid groups (broad SMARTS) is 1. The maximum absolute atomic E-state index is 12.0. The molecule has 0 aromatic carbocycles. The Morgan fingerprint density at radius 1 is 1.25 bits per heavy atom. The van der Waals surface area contributed by atoms with Crippen molar-refractivity contribution in [3.8, 4) is 0 Å². The van der Waals surface area contributed by atoms with Gasteiger partial charge in [-0.05, 0) is 24.3 Å². The summed E-state index contributed by atoms with van der Waals surface area (Å²) < 4.78 is 36.1. The number of aliphatic carboxylic acids is 1. The molecule has 1 rings (SSSR count). The molecule has 0 spiro atoms. The third-order valence-corrected chi connectivity index (χ3v) is 3.35. The average Bonchev–Trinajstić information content (AvgIpc) is 2.17. The summed E-state index contributed by atoms with van der Waals surface area (Å²) >= 11 is 1.45. The number of carbonyl (C=O) groups excluding carboxylic acids is 1. The van der Waals surface area contributed by atoms with E-state index in [0.717, 1.165) is 0 Å². The molecule has 0 radical (unpaired) electrons. The smallest absolute Gasteiger partial charge is 0.471 e. The van der Waals surface area contributed by atoms with Gasteiger partial charge in [-0.25, -0.2) is 4.79 Å². The van der Waals surface area contributed by atoms with Crippen LogP contribution in [0.5, 0.6) is 0 Å². The molecule has 0 aromatic rings. The van der Waals surface area contributed by atoms with Crippen molar-refractivity contribution in [3.63, 3.8) is 0 Å². The van der Waals surface area contributed by atoms with E-state index < -0.39 is 23.6 Å². The molecular weight excluding hydrogens is 247 g/mol. The van der Waals surface area contributed by atoms with Gasteiger partial charge in [0.1, 0.15) is 5.54 Å². The molecular formula is C8H10F3NO3S. The van der Waals surface area contributed by atoms with Crippen molar-refractivity contribution in [1.82, 2.24) is 5.32 Å². The van der Waals surface area contributed by atoms with Crippen molar-refractivity contribution in [2.75, 3.05) is 11.5 Å². The van der Waals surface area contributed by atoms with Crippen LogP contribution < -0.4 is 5.32 Å². The normalized spacial score (nSPS) is 20.2. The fraction of sp³-hybridized carbons (Fsp3) is 0.750. The lowest BCUT2D eigenvalue weighted by Gasteiger charge is -2.33. The van der Waals surface area contributed by atoms with Gasteiger partial charge >= 0.3 is 18.1 Å². The van der Waals surface area contributed by atoms with Gasteiger partial charge in [0.15, 0.2) is 0 Å². The summed E-state index contributed by atoms with van der Waals surface area (Å²) in [6.07, 6.45) is -5.03. The Morgan fingerprint density at radius 2 is 1.75 bits per heavy atom. The second-order valence-corrected chi connectivity index (χ2v) is 4.68. The van der Waals surface area contributed by atoms with E-state index in [1.807, 2.05) is 0 Å². The molecule has 92 valence electrons. The van der Waals surface area contributed by atoms with Crippen LogP contribution in [0.1, 0.15) is 12.8 Å². The Kier molecular flexibility index (Phi) is 3.72. The highest BCUT2D eigenvalue weighted by molar-refractivity contribution is 7.99. The topological polar surface area (TPSA) is 66.4 Å². The molecule has 0 aliphatic carbocycles. The second-order valence-electron chi connectivity index (χ2n) is 3.45. The van der Waals surface area contributed by atoms with Crippen LogP contribution in [0.25, 0.3) is 0 Å². The molecule has 16 heavy (non-hydrogen) atoms. The third kappa shape index (κ3) is 2.81. The zero-order chi connectivity index (χ0) is 12.4. The molecule has 1 aliphatic rings. The van der Waals surface area contributed by atoms with E-state index in [2.05, 4.69) is 0 Å². The van der Waals surface area contributed by atoms with Crippen molar-refractivity contribution < 1.29 is 27.9 Å². The lowest BCUT2D eigenvalue weighted by atomic mass is 9.92. The van der Waals surface area contributed by atoms with E-state index in [1.54, 1.807) is 5.32 Å². The minimum absolute atomic E-state index is 0.00875. The van der Waals surface area contributed by atoms with Crippen LogP contribution in [0.15, 0.2) is 0 Å². The molecule has 0 aromatic heterocycles. The van der Waals surface area contributed by atoms with Gasteiger partial charge in [0.25, 0.3) is 0 Å². The number of hydrogen-bond acceptors (Lipinski definition) is 3. The fourth-order valence-corrected chi connectivity index (χ4v) is 2.59. The van der Waals surface area contributed by atoms with Crippen LogP contribution in [0.3, 0.4) is 0 Å². The maximum atomic E-state index is 12.0. The predicted molar refractivity (Wildman–Crippen MR) is 51.1 cm³/mol. The molecule has 2 N–H and O–H groups in total. The summed E-state index contributed by atoms with van der Waals surface area (Å²) in [5.41, 5.74) is -1.77. The van der Waals surface area contributed by atoms with Gasteiger partial charge in [0.05, 0.1) is 0 Å². The molecule has 0 bridgehead atoms. The molecule has 4 nitrogen and oxygen atoms in total. The number of thioether (sulfide) groups is 1. The van der Waals surface area contributed by atoms with Crippen molar-refractivity contribution >= 4 is 23.6 Å². The van der Waals surface area contributed by atoms with Gasteiger partial charge in [-0.2, -0.15) is 24.9 Å². The van der Waals surface area contributed by atoms with Crippen LogP contribution in [0.4, 0.5) is 13.2 Å². The number of hydrogen-bond donors (Lipinski definition) is 2. The SMILES string of the molecule is O=C(NC1(C(=O)O)CCSCC1)C(F)(F)F. The highest BCUT2D eigenvalue weighted by atomic mass is 32.2. The minimum Gasteiger partial charge on any atom is -0.480 e. The first-order chi connectivity index (χ1) is 7.28. The first-order valence-corrected chi connectivity index (χ1v) is 5.64. The number of amides is 1. The monoisotopic (exact) mass is 257 g/mol. The second kappa shape index (κ2) is 4.52. The van der Waals surface area contributed by atoms with Gasteiger partial charge in [0, 0.05) is 0 Å². The van der Waals surface area contributed by atoms with Crippen LogP contribution in [-0.2, 0) is 9.59 Å². The van der Waals surface area contributed by atoms with Crippen molar-refractivity contribution in [2.45, 2.75) is 24.6 Å². The Hall–Kier alpha value is -0.920. The van der Waals surface area contributed by atoms with Crippen LogP contribution in [0.2, 0.25) is 0 Å². The van der Waals surface area contributed by atoms with Gasteiger partial charge < -0.3 is 10.4 Å². The van der Waals surface area contributed by atoms with Crippen molar-refractivity contribution in [3.05, 3.63) is 0 Å². The van der Waals surface area contributed by atoms with Crippen LogP contribution in [-0.4, -0.2) is 40.2 Å². The summed E-state index contributed by atoms with van der Waals surface area (Å²) in [6, 6.07) is 0. The molecule has 0 unspecified atom stereocenters. The summed E-state index contributed by atoms with van der Waals surface area (Å²) in [6.45, 7) is 0. The zero-order valence-corrected chi connectivity index (χ0v) is 8.95. The van der Waals surface area contributed by atoms with E-state index in [9.17, 15) is 22.8 Å². The molecule has 1 amide bonds. The maximum Gasteiger partial charge on any atom is 0.471 e. The first kappa shape index (κ1) is 13.1. The number of alkyl halides is 3. The number of halogens is 3. The largest absolute Gasteiger partial charge is 0.480 e. The molecule has 1 fully saturated rings.